The molecule has 8 N–H and O–H groups in total. The minimum atomic E-state index is -1.35. The van der Waals surface area contributed by atoms with Crippen molar-refractivity contribution in [1.82, 2.24) is 25.5 Å². The molecule has 1 saturated heterocycles. The molecular weight excluding hydrogens is 446 g/mol. The van der Waals surface area contributed by atoms with Crippen LogP contribution in [0.3, 0.4) is 0 Å². The number of aliphatic carboxylic acids is 1. The quantitative estimate of drug-likeness (QED) is 0.202. The van der Waals surface area contributed by atoms with Crippen LogP contribution in [0.5, 0.6) is 0 Å². The second-order valence-electron chi connectivity index (χ2n) is 8.52. The van der Waals surface area contributed by atoms with E-state index in [0.29, 0.717) is 18.5 Å². The monoisotopic (exact) mass is 479 g/mol. The second kappa shape index (κ2) is 12.1. The molecule has 2 rings (SSSR count). The van der Waals surface area contributed by atoms with Gasteiger partial charge in [-0.2, -0.15) is 0 Å². The van der Waals surface area contributed by atoms with E-state index >= 15 is 0 Å². The number of imidazole rings is 1. The van der Waals surface area contributed by atoms with E-state index in [1.165, 1.54) is 12.5 Å². The largest absolute Gasteiger partial charge is 0.480 e. The molecule has 188 valence electrons. The van der Waals surface area contributed by atoms with Gasteiger partial charge in [0, 0.05) is 24.9 Å². The summed E-state index contributed by atoms with van der Waals surface area (Å²) in [6.45, 7) is 3.76. The number of carboxylic acids is 1. The standard InChI is InChI=1S/C21H33N7O6/c1-3-11(2)17(27-18(30)13(22)7-12-9-24-10-25-12)19(31)26-14(8-16(23)29)20(32)28-6-4-5-15(28)21(33)34/h9-11,13-15,17H,3-8,22H2,1-2H3,(H2,23,29)(H,24,25)(H,26,31)(H,27,30)(H,33,34). The van der Waals surface area contributed by atoms with E-state index in [1.54, 1.807) is 6.92 Å². The lowest BCUT2D eigenvalue weighted by molar-refractivity contribution is -0.149. The predicted molar refractivity (Wildman–Crippen MR) is 120 cm³/mol. The number of aromatic nitrogens is 2. The van der Waals surface area contributed by atoms with Gasteiger partial charge in [-0.25, -0.2) is 9.78 Å². The maximum absolute atomic E-state index is 13.1. The lowest BCUT2D eigenvalue weighted by Crippen LogP contribution is -2.59. The number of rotatable bonds is 12. The molecular formula is C21H33N7O6. The number of hydrogen-bond acceptors (Lipinski definition) is 7. The first kappa shape index (κ1) is 26.8. The Balaban J connectivity index is 2.14. The molecule has 0 radical (unpaired) electrons. The Bertz CT molecular complexity index is 890. The zero-order valence-corrected chi connectivity index (χ0v) is 19.3. The van der Waals surface area contributed by atoms with E-state index in [0.717, 1.165) is 4.90 Å². The summed E-state index contributed by atoms with van der Waals surface area (Å²) in [6.07, 6.45) is 3.95. The number of likely N-dealkylation sites (tertiary alicyclic amines) is 1. The van der Waals surface area contributed by atoms with Crippen LogP contribution in [-0.2, 0) is 30.4 Å². The Kier molecular flexibility index (Phi) is 9.54. The molecule has 0 bridgehead atoms. The van der Waals surface area contributed by atoms with Crippen LogP contribution in [-0.4, -0.2) is 80.3 Å². The fraction of sp³-hybridized carbons (Fsp3) is 0.619. The van der Waals surface area contributed by atoms with Crippen LogP contribution in [0.15, 0.2) is 12.5 Å². The van der Waals surface area contributed by atoms with Gasteiger partial charge in [0.25, 0.3) is 0 Å². The summed E-state index contributed by atoms with van der Waals surface area (Å²) in [5, 5.41) is 14.5. The van der Waals surface area contributed by atoms with Crippen LogP contribution in [0.1, 0.15) is 45.2 Å². The number of aromatic amines is 1. The van der Waals surface area contributed by atoms with Crippen molar-refractivity contribution in [3.8, 4) is 0 Å². The van der Waals surface area contributed by atoms with Gasteiger partial charge in [-0.3, -0.25) is 19.2 Å². The van der Waals surface area contributed by atoms with Gasteiger partial charge in [0.2, 0.25) is 23.6 Å². The number of nitrogens with two attached hydrogens (primary N) is 2. The van der Waals surface area contributed by atoms with Crippen molar-refractivity contribution in [2.75, 3.05) is 6.54 Å². The highest BCUT2D eigenvalue weighted by atomic mass is 16.4. The first-order valence-corrected chi connectivity index (χ1v) is 11.2. The first-order chi connectivity index (χ1) is 16.0. The Hall–Kier alpha value is -3.48. The molecule has 1 aliphatic rings. The molecule has 0 aromatic carbocycles. The average molecular weight is 480 g/mol. The molecule has 13 nitrogen and oxygen atoms in total. The Morgan fingerprint density at radius 3 is 2.53 bits per heavy atom. The van der Waals surface area contributed by atoms with Crippen molar-refractivity contribution in [3.63, 3.8) is 0 Å². The van der Waals surface area contributed by atoms with E-state index in [4.69, 9.17) is 11.5 Å². The fourth-order valence-electron chi connectivity index (χ4n) is 3.84. The highest BCUT2D eigenvalue weighted by Crippen LogP contribution is 2.19. The van der Waals surface area contributed by atoms with Crippen LogP contribution < -0.4 is 22.1 Å². The van der Waals surface area contributed by atoms with Gasteiger partial charge in [-0.1, -0.05) is 20.3 Å². The third kappa shape index (κ3) is 7.01. The van der Waals surface area contributed by atoms with E-state index in [1.807, 2.05) is 6.92 Å². The van der Waals surface area contributed by atoms with Gasteiger partial charge >= 0.3 is 5.97 Å². The molecule has 0 saturated carbocycles. The normalized spacial score (nSPS) is 19.0. The minimum Gasteiger partial charge on any atom is -0.480 e. The Morgan fingerprint density at radius 2 is 1.97 bits per heavy atom. The molecule has 5 atom stereocenters. The van der Waals surface area contributed by atoms with E-state index in [9.17, 15) is 29.1 Å². The molecule has 5 unspecified atom stereocenters. The van der Waals surface area contributed by atoms with Gasteiger partial charge in [0.05, 0.1) is 18.8 Å². The zero-order valence-electron chi connectivity index (χ0n) is 19.3. The first-order valence-electron chi connectivity index (χ1n) is 11.2. The van der Waals surface area contributed by atoms with Crippen molar-refractivity contribution in [3.05, 3.63) is 18.2 Å². The number of amides is 4. The third-order valence-corrected chi connectivity index (χ3v) is 5.97. The molecule has 1 fully saturated rings. The summed E-state index contributed by atoms with van der Waals surface area (Å²) < 4.78 is 0. The summed E-state index contributed by atoms with van der Waals surface area (Å²) in [6, 6.07) is -4.39. The number of nitrogens with zero attached hydrogens (tertiary/aromatic N) is 2. The topological polar surface area (TPSA) is 214 Å². The molecule has 4 amide bonds. The number of carboxylic acid groups (broad SMARTS) is 1. The van der Waals surface area contributed by atoms with Crippen LogP contribution in [0.4, 0.5) is 0 Å². The number of primary amides is 1. The minimum absolute atomic E-state index is 0.176. The zero-order chi connectivity index (χ0) is 25.4. The van der Waals surface area contributed by atoms with Crippen LogP contribution >= 0.6 is 0 Å². The second-order valence-corrected chi connectivity index (χ2v) is 8.52. The molecule has 1 aliphatic heterocycles. The van der Waals surface area contributed by atoms with E-state index in [-0.39, 0.29) is 25.3 Å². The summed E-state index contributed by atoms with van der Waals surface area (Å²) >= 11 is 0. The molecule has 2 heterocycles. The molecule has 0 spiro atoms. The average Bonchev–Trinajstić information content (AvgIpc) is 3.47. The number of hydrogen-bond donors (Lipinski definition) is 6. The Morgan fingerprint density at radius 1 is 1.26 bits per heavy atom. The molecule has 13 heteroatoms. The van der Waals surface area contributed by atoms with Gasteiger partial charge in [0.15, 0.2) is 0 Å². The van der Waals surface area contributed by atoms with E-state index < -0.39 is 60.2 Å². The Labute approximate surface area is 197 Å². The van der Waals surface area contributed by atoms with Crippen molar-refractivity contribution < 1.29 is 29.1 Å². The summed E-state index contributed by atoms with van der Waals surface area (Å²) in [4.78, 5) is 69.7. The number of carbonyl (C=O) groups excluding carboxylic acids is 4. The van der Waals surface area contributed by atoms with Crippen LogP contribution in [0.25, 0.3) is 0 Å². The summed E-state index contributed by atoms with van der Waals surface area (Å²) in [5.74, 6) is -4.30. The highest BCUT2D eigenvalue weighted by molar-refractivity contribution is 5.96. The summed E-state index contributed by atoms with van der Waals surface area (Å²) in [5.41, 5.74) is 11.9. The lowest BCUT2D eigenvalue weighted by atomic mass is 9.97. The SMILES string of the molecule is CCC(C)C(NC(=O)C(N)Cc1cnc[nH]1)C(=O)NC(CC(N)=O)C(=O)N1CCCC1C(=O)O. The predicted octanol–water partition coefficient (Wildman–Crippen LogP) is -1.75. The molecule has 1 aromatic rings. The highest BCUT2D eigenvalue weighted by Gasteiger charge is 2.39. The maximum atomic E-state index is 13.1. The van der Waals surface area contributed by atoms with Crippen LogP contribution in [0.2, 0.25) is 0 Å². The fourth-order valence-corrected chi connectivity index (χ4v) is 3.84. The third-order valence-electron chi connectivity index (χ3n) is 5.97. The van der Waals surface area contributed by atoms with Crippen LogP contribution in [0, 0.1) is 5.92 Å². The number of H-pyrrole nitrogens is 1. The van der Waals surface area contributed by atoms with Gasteiger partial charge in [-0.15, -0.1) is 0 Å². The maximum Gasteiger partial charge on any atom is 0.326 e. The lowest BCUT2D eigenvalue weighted by Gasteiger charge is -2.30. The van der Waals surface area contributed by atoms with Crippen molar-refractivity contribution in [2.45, 2.75) is 70.1 Å². The van der Waals surface area contributed by atoms with Crippen molar-refractivity contribution >= 4 is 29.6 Å². The smallest absolute Gasteiger partial charge is 0.326 e. The van der Waals surface area contributed by atoms with Crippen molar-refractivity contribution in [1.29, 1.82) is 0 Å². The molecule has 0 aliphatic carbocycles. The number of carbonyl (C=O) groups is 5. The van der Waals surface area contributed by atoms with Gasteiger partial charge < -0.3 is 37.1 Å². The molecule has 1 aromatic heterocycles. The van der Waals surface area contributed by atoms with Crippen molar-refractivity contribution in [2.24, 2.45) is 17.4 Å². The van der Waals surface area contributed by atoms with E-state index in [2.05, 4.69) is 20.6 Å². The van der Waals surface area contributed by atoms with Gasteiger partial charge in [-0.05, 0) is 18.8 Å². The number of nitrogens with one attached hydrogen (secondary N) is 3. The van der Waals surface area contributed by atoms with Gasteiger partial charge in [0.1, 0.15) is 18.1 Å². The summed E-state index contributed by atoms with van der Waals surface area (Å²) in [7, 11) is 0. The molecule has 34 heavy (non-hydrogen) atoms.